The molecule has 0 heterocycles. The summed E-state index contributed by atoms with van der Waals surface area (Å²) in [5.41, 5.74) is 3.92. The van der Waals surface area contributed by atoms with Gasteiger partial charge in [-0.05, 0) is 62.9 Å². The van der Waals surface area contributed by atoms with Crippen LogP contribution in [0, 0.1) is 26.2 Å². The minimum absolute atomic E-state index is 0.0445. The van der Waals surface area contributed by atoms with E-state index in [1.165, 1.54) is 11.1 Å². The van der Waals surface area contributed by atoms with Gasteiger partial charge in [0.2, 0.25) is 5.91 Å². The molecule has 3 nitrogen and oxygen atoms in total. The second-order valence-corrected chi connectivity index (χ2v) is 7.42. The van der Waals surface area contributed by atoms with E-state index in [1.54, 1.807) is 0 Å². The third-order valence-corrected chi connectivity index (χ3v) is 4.47. The lowest BCUT2D eigenvalue weighted by molar-refractivity contribution is -0.124. The number of benzene rings is 2. The summed E-state index contributed by atoms with van der Waals surface area (Å²) >= 11 is 0. The third-order valence-electron chi connectivity index (χ3n) is 4.47. The van der Waals surface area contributed by atoms with Crippen LogP contribution in [0.25, 0.3) is 0 Å². The van der Waals surface area contributed by atoms with E-state index >= 15 is 0 Å². The van der Waals surface area contributed by atoms with Crippen LogP contribution in [-0.2, 0) is 4.79 Å². The van der Waals surface area contributed by atoms with E-state index in [-0.39, 0.29) is 5.91 Å². The van der Waals surface area contributed by atoms with Crippen molar-refractivity contribution in [3.8, 4) is 5.75 Å². The highest BCUT2D eigenvalue weighted by molar-refractivity contribution is 5.94. The number of carbonyl (C=O) groups is 1. The van der Waals surface area contributed by atoms with Crippen molar-refractivity contribution >= 4 is 11.6 Å². The predicted octanol–water partition coefficient (Wildman–Crippen LogP) is 5.44. The Morgan fingerprint density at radius 2 is 1.64 bits per heavy atom. The molecule has 0 saturated carbocycles. The van der Waals surface area contributed by atoms with Gasteiger partial charge in [-0.3, -0.25) is 4.79 Å². The minimum Gasteiger partial charge on any atom is -0.493 e. The van der Waals surface area contributed by atoms with Crippen LogP contribution < -0.4 is 10.1 Å². The first-order valence-corrected chi connectivity index (χ1v) is 8.86. The molecule has 0 aliphatic heterocycles. The second kappa shape index (κ2) is 8.19. The summed E-state index contributed by atoms with van der Waals surface area (Å²) in [6, 6.07) is 14.1. The predicted molar refractivity (Wildman–Crippen MR) is 104 cm³/mol. The normalized spacial score (nSPS) is 11.2. The van der Waals surface area contributed by atoms with Crippen LogP contribution >= 0.6 is 0 Å². The Morgan fingerprint density at radius 1 is 1.00 bits per heavy atom. The minimum atomic E-state index is -0.435. The molecule has 2 aromatic rings. The Morgan fingerprint density at radius 3 is 2.32 bits per heavy atom. The van der Waals surface area contributed by atoms with Crippen LogP contribution in [0.5, 0.6) is 5.75 Å². The lowest BCUT2D eigenvalue weighted by Gasteiger charge is -2.23. The molecule has 0 aromatic heterocycles. The summed E-state index contributed by atoms with van der Waals surface area (Å²) < 4.78 is 5.89. The first-order chi connectivity index (χ1) is 11.8. The Bertz CT molecular complexity index is 717. The number of rotatable bonds is 7. The molecule has 0 saturated heterocycles. The molecule has 0 atom stereocenters. The molecule has 2 aromatic carbocycles. The van der Waals surface area contributed by atoms with Crippen molar-refractivity contribution in [1.82, 2.24) is 0 Å². The van der Waals surface area contributed by atoms with Gasteiger partial charge in [0.1, 0.15) is 5.75 Å². The number of hydrogen-bond acceptors (Lipinski definition) is 2. The Kier molecular flexibility index (Phi) is 6.24. The second-order valence-electron chi connectivity index (χ2n) is 7.42. The molecule has 0 bridgehead atoms. The molecule has 0 unspecified atom stereocenters. The third kappa shape index (κ3) is 5.63. The number of ether oxygens (including phenoxy) is 1. The summed E-state index contributed by atoms with van der Waals surface area (Å²) in [5.74, 6) is 0.977. The number of carbonyl (C=O) groups excluding carboxylic acids is 1. The van der Waals surface area contributed by atoms with E-state index in [1.807, 2.05) is 52.0 Å². The van der Waals surface area contributed by atoms with Crippen molar-refractivity contribution in [2.75, 3.05) is 11.9 Å². The molecular formula is C22H29NO2. The average molecular weight is 339 g/mol. The first kappa shape index (κ1) is 19.0. The highest BCUT2D eigenvalue weighted by atomic mass is 16.5. The fourth-order valence-corrected chi connectivity index (χ4v) is 2.61. The molecule has 0 spiro atoms. The highest BCUT2D eigenvalue weighted by Crippen LogP contribution is 2.26. The summed E-state index contributed by atoms with van der Waals surface area (Å²) in [6.45, 7) is 10.7. The van der Waals surface area contributed by atoms with Gasteiger partial charge in [0.15, 0.2) is 0 Å². The maximum absolute atomic E-state index is 12.5. The number of aryl methyl sites for hydroxylation is 3. The van der Waals surface area contributed by atoms with Crippen LogP contribution in [-0.4, -0.2) is 12.5 Å². The molecule has 1 amide bonds. The molecule has 0 aliphatic carbocycles. The number of amides is 1. The molecule has 0 fully saturated rings. The van der Waals surface area contributed by atoms with Crippen molar-refractivity contribution < 1.29 is 9.53 Å². The van der Waals surface area contributed by atoms with E-state index in [0.29, 0.717) is 6.61 Å². The zero-order valence-corrected chi connectivity index (χ0v) is 16.0. The van der Waals surface area contributed by atoms with E-state index < -0.39 is 5.41 Å². The van der Waals surface area contributed by atoms with Crippen LogP contribution in [0.15, 0.2) is 42.5 Å². The molecule has 134 valence electrons. The Balaban J connectivity index is 1.82. The van der Waals surface area contributed by atoms with Gasteiger partial charge in [-0.25, -0.2) is 0 Å². The molecule has 25 heavy (non-hydrogen) atoms. The van der Waals surface area contributed by atoms with E-state index in [9.17, 15) is 4.79 Å². The van der Waals surface area contributed by atoms with Gasteiger partial charge >= 0.3 is 0 Å². The van der Waals surface area contributed by atoms with Crippen LogP contribution in [0.1, 0.15) is 43.4 Å². The van der Waals surface area contributed by atoms with Gasteiger partial charge in [0.05, 0.1) is 6.61 Å². The monoisotopic (exact) mass is 339 g/mol. The van der Waals surface area contributed by atoms with Crippen molar-refractivity contribution in [1.29, 1.82) is 0 Å². The lowest BCUT2D eigenvalue weighted by Crippen LogP contribution is -2.31. The SMILES string of the molecule is Cc1ccc(NC(=O)C(C)(C)CCCOc2cc(C)ccc2C)cc1. The molecule has 2 rings (SSSR count). The molecule has 3 heteroatoms. The first-order valence-electron chi connectivity index (χ1n) is 8.86. The largest absolute Gasteiger partial charge is 0.493 e. The van der Waals surface area contributed by atoms with Crippen LogP contribution in [0.4, 0.5) is 5.69 Å². The summed E-state index contributed by atoms with van der Waals surface area (Å²) in [5, 5.41) is 3.00. The average Bonchev–Trinajstić information content (AvgIpc) is 2.56. The van der Waals surface area contributed by atoms with Crippen molar-refractivity contribution in [2.45, 2.75) is 47.5 Å². The van der Waals surface area contributed by atoms with Gasteiger partial charge < -0.3 is 10.1 Å². The lowest BCUT2D eigenvalue weighted by atomic mass is 9.87. The zero-order chi connectivity index (χ0) is 18.4. The van der Waals surface area contributed by atoms with Gasteiger partial charge in [-0.1, -0.05) is 43.7 Å². The summed E-state index contributed by atoms with van der Waals surface area (Å²) in [6.07, 6.45) is 1.61. The van der Waals surface area contributed by atoms with Crippen LogP contribution in [0.2, 0.25) is 0 Å². The number of anilines is 1. The molecule has 0 radical (unpaired) electrons. The topological polar surface area (TPSA) is 38.3 Å². The van der Waals surface area contributed by atoms with Gasteiger partial charge in [0.25, 0.3) is 0 Å². The van der Waals surface area contributed by atoms with E-state index in [0.717, 1.165) is 29.8 Å². The quantitative estimate of drug-likeness (QED) is 0.683. The fourth-order valence-electron chi connectivity index (χ4n) is 2.61. The van der Waals surface area contributed by atoms with Crippen molar-refractivity contribution in [3.63, 3.8) is 0 Å². The summed E-state index contributed by atoms with van der Waals surface area (Å²) in [4.78, 5) is 12.5. The summed E-state index contributed by atoms with van der Waals surface area (Å²) in [7, 11) is 0. The Hall–Kier alpha value is -2.29. The maximum atomic E-state index is 12.5. The maximum Gasteiger partial charge on any atom is 0.230 e. The molecular weight excluding hydrogens is 310 g/mol. The van der Waals surface area contributed by atoms with Crippen molar-refractivity contribution in [3.05, 3.63) is 59.2 Å². The number of nitrogens with one attached hydrogen (secondary N) is 1. The molecule has 1 N–H and O–H groups in total. The van der Waals surface area contributed by atoms with E-state index in [2.05, 4.69) is 30.4 Å². The van der Waals surface area contributed by atoms with Gasteiger partial charge in [-0.2, -0.15) is 0 Å². The van der Waals surface area contributed by atoms with Crippen molar-refractivity contribution in [2.24, 2.45) is 5.41 Å². The standard InChI is InChI=1S/C22H29NO2/c1-16-8-11-19(12-9-16)23-21(24)22(4,5)13-6-14-25-20-15-17(2)7-10-18(20)3/h7-12,15H,6,13-14H2,1-5H3,(H,23,24). The van der Waals surface area contributed by atoms with Gasteiger partial charge in [0, 0.05) is 11.1 Å². The van der Waals surface area contributed by atoms with Crippen LogP contribution in [0.3, 0.4) is 0 Å². The smallest absolute Gasteiger partial charge is 0.230 e. The fraction of sp³-hybridized carbons (Fsp3) is 0.409. The van der Waals surface area contributed by atoms with E-state index in [4.69, 9.17) is 4.74 Å². The Labute approximate surface area is 151 Å². The molecule has 0 aliphatic rings. The van der Waals surface area contributed by atoms with Gasteiger partial charge in [-0.15, -0.1) is 0 Å². The number of hydrogen-bond donors (Lipinski definition) is 1. The zero-order valence-electron chi connectivity index (χ0n) is 16.0. The highest BCUT2D eigenvalue weighted by Gasteiger charge is 2.27.